The summed E-state index contributed by atoms with van der Waals surface area (Å²) in [6, 6.07) is 55.4. The Hall–Kier alpha value is -11.9. The van der Waals surface area contributed by atoms with E-state index in [0.29, 0.717) is 66.0 Å². The van der Waals surface area contributed by atoms with Crippen LogP contribution >= 0.6 is 27.5 Å². The van der Waals surface area contributed by atoms with E-state index in [1.165, 1.54) is 33.3 Å². The minimum Gasteiger partial charge on any atom is -0.496 e. The van der Waals surface area contributed by atoms with Crippen LogP contribution in [-0.4, -0.2) is 79.6 Å². The number of benzene rings is 8. The monoisotopic (exact) mass is 1830 g/mol. The number of aryl methyl sites for hydroxylation is 4. The van der Waals surface area contributed by atoms with E-state index in [-0.39, 0.29) is 95.2 Å². The van der Waals surface area contributed by atoms with E-state index in [1.54, 1.807) is 31.4 Å². The first kappa shape index (κ1) is 93.7. The van der Waals surface area contributed by atoms with Crippen molar-refractivity contribution in [3.63, 3.8) is 0 Å². The van der Waals surface area contributed by atoms with Crippen LogP contribution < -0.4 is 67.5 Å². The summed E-state index contributed by atoms with van der Waals surface area (Å²) in [5.74, 6) is 2.42. The third kappa shape index (κ3) is 25.7. The van der Waals surface area contributed by atoms with Crippen LogP contribution in [0.1, 0.15) is 175 Å². The van der Waals surface area contributed by atoms with E-state index in [9.17, 15) is 38.4 Å². The number of anilines is 4. The Kier molecular flexibility index (Phi) is 32.7. The zero-order valence-corrected chi connectivity index (χ0v) is 75.7. The van der Waals surface area contributed by atoms with Crippen LogP contribution in [-0.2, 0) is 64.6 Å². The normalized spacial score (nSPS) is 18.4. The van der Waals surface area contributed by atoms with Gasteiger partial charge in [-0.05, 0) is 244 Å². The molecule has 4 fully saturated rings. The van der Waals surface area contributed by atoms with Gasteiger partial charge in [0.2, 0.25) is 23.6 Å². The fourth-order valence-electron chi connectivity index (χ4n) is 16.3. The second-order valence-corrected chi connectivity index (χ2v) is 34.1. The van der Waals surface area contributed by atoms with Crippen LogP contribution in [0.4, 0.5) is 22.7 Å². The van der Waals surface area contributed by atoms with Crippen LogP contribution in [0.3, 0.4) is 0 Å². The first-order valence-corrected chi connectivity index (χ1v) is 44.6. The molecule has 27 heteroatoms. The van der Waals surface area contributed by atoms with E-state index >= 15 is 0 Å². The Bertz CT molecular complexity index is 6140. The zero-order chi connectivity index (χ0) is 90.5. The van der Waals surface area contributed by atoms with Gasteiger partial charge in [0.15, 0.2) is 0 Å². The number of nitrogens with one attached hydrogen (secondary N) is 4. The van der Waals surface area contributed by atoms with Gasteiger partial charge in [-0.25, -0.2) is 19.2 Å². The van der Waals surface area contributed by atoms with Gasteiger partial charge in [0.25, 0.3) is 0 Å². The van der Waals surface area contributed by atoms with Crippen LogP contribution in [0.25, 0.3) is 43.9 Å². The molecule has 4 heterocycles. The van der Waals surface area contributed by atoms with Gasteiger partial charge in [-0.3, -0.25) is 19.2 Å². The molecule has 0 aliphatic heterocycles. The lowest BCUT2D eigenvalue weighted by Gasteiger charge is -2.29. The van der Waals surface area contributed by atoms with Gasteiger partial charge in [0.05, 0.1) is 82.4 Å². The molecule has 0 spiro atoms. The Morgan fingerprint density at radius 3 is 0.898 bits per heavy atom. The van der Waals surface area contributed by atoms with Gasteiger partial charge in [-0.2, -0.15) is 0 Å². The molecule has 12 aromatic rings. The summed E-state index contributed by atoms with van der Waals surface area (Å²) in [5, 5.41) is 13.7. The molecule has 4 N–H and O–H groups in total. The summed E-state index contributed by atoms with van der Waals surface area (Å²) in [4.78, 5) is 93.9. The maximum Gasteiger partial charge on any atom is 0.360 e. The first-order chi connectivity index (χ1) is 61.7. The molecule has 0 atom stereocenters. The summed E-state index contributed by atoms with van der Waals surface area (Å²) >= 11 is 9.49. The topological polar surface area (TPSA) is 320 Å². The molecule has 0 saturated heterocycles. The van der Waals surface area contributed by atoms with Gasteiger partial charge in [-0.15, -0.1) is 0 Å². The van der Waals surface area contributed by atoms with Crippen LogP contribution in [0.15, 0.2) is 217 Å². The highest BCUT2D eigenvalue weighted by atomic mass is 79.9. The predicted molar refractivity (Wildman–Crippen MR) is 497 cm³/mol. The third-order valence-electron chi connectivity index (χ3n) is 23.1. The maximum atomic E-state index is 12.2. The second-order valence-electron chi connectivity index (χ2n) is 32.8. The summed E-state index contributed by atoms with van der Waals surface area (Å²) < 4.78 is 77.8. The second kappa shape index (κ2) is 44.7. The molecule has 128 heavy (non-hydrogen) atoms. The molecule has 0 bridgehead atoms. The first-order valence-electron chi connectivity index (χ1n) is 43.4. The molecule has 16 rings (SSSR count). The number of rotatable bonds is 25. The summed E-state index contributed by atoms with van der Waals surface area (Å²) in [7, 11) is 1.67. The predicted octanol–water partition coefficient (Wildman–Crippen LogP) is 21.3. The number of amides is 4. The summed E-state index contributed by atoms with van der Waals surface area (Å²) in [6.45, 7) is 15.3. The molecule has 672 valence electrons. The fraction of sp³-hybridized carbons (Fsp3) is 0.366. The van der Waals surface area contributed by atoms with E-state index in [4.69, 9.17) is 71.9 Å². The number of carbonyl (C=O) groups excluding carboxylic acids is 4. The standard InChI is InChI=1S/C26H29NO6.C25H26BrNO5.C25H26ClNO5.C25H27NO5/c1-16-23(13-8-18-14-22(27-17(2)28)26(29)33-25(16)18)32-21-11-9-20(10-12-21)31-15-19-6-4-5-7-24(19)30-3;1-15-23(12-7-17-13-22(27-16(2)28)25(29)32-24(15)17)31-20-10-8-19(9-11-20)30-14-18-5-3-4-6-21(18)26;1-15-23(12-5-18-13-22(27-16(2)28)25(29)32-24(15)18)31-21-10-8-20(9-11-21)30-14-17-3-6-19(26)7-4-17;1-16-23(13-8-19-14-22(26-17(2)27)25(28)31-24(16)19)30-21-11-9-20(10-12-21)29-15-18-6-4-3-5-7-18/h4-8,13-14,20-21H,9-12,15H2,1-3H3,(H,27,28);3-7,12-13,19-20H,8-11,14H2,1-2H3,(H,27,28);3-7,12-13,20-21H,8-11,14H2,1-2H3,(H,27,28);3-8,13-14,20-21H,9-12,15H2,1-2H3,(H,26,27). The molecule has 4 aliphatic carbocycles. The Balaban J connectivity index is 0.000000146. The summed E-state index contributed by atoms with van der Waals surface area (Å²) in [6.07, 6.45) is 16.0. The lowest BCUT2D eigenvalue weighted by atomic mass is 9.94. The number of halogens is 2. The number of hydrogen-bond donors (Lipinski definition) is 4. The molecule has 4 aliphatic rings. The molecule has 8 aromatic carbocycles. The van der Waals surface area contributed by atoms with Crippen molar-refractivity contribution >= 4 is 118 Å². The molecule has 25 nitrogen and oxygen atoms in total. The average Bonchev–Trinajstić information content (AvgIpc) is 0.799. The molecule has 4 amide bonds. The summed E-state index contributed by atoms with van der Waals surface area (Å²) in [5.41, 5.74) is 7.77. The van der Waals surface area contributed by atoms with Gasteiger partial charge >= 0.3 is 22.5 Å². The van der Waals surface area contributed by atoms with Gasteiger partial charge in [0, 0.05) is 86.6 Å². The molecule has 4 saturated carbocycles. The third-order valence-corrected chi connectivity index (χ3v) is 24.2. The molecule has 0 unspecified atom stereocenters. The van der Waals surface area contributed by atoms with Gasteiger partial charge in [0.1, 0.15) is 73.8 Å². The highest BCUT2D eigenvalue weighted by Gasteiger charge is 2.30. The molecular weight excluding hydrogens is 1720 g/mol. The maximum absolute atomic E-state index is 12.2. The van der Waals surface area contributed by atoms with Crippen molar-refractivity contribution < 1.29 is 79.5 Å². The quantitative estimate of drug-likeness (QED) is 0.0386. The number of ether oxygens (including phenoxy) is 9. The number of para-hydroxylation sites is 1. The average molecular weight is 1830 g/mol. The number of methoxy groups -OCH3 is 1. The Morgan fingerprint density at radius 1 is 0.328 bits per heavy atom. The lowest BCUT2D eigenvalue weighted by molar-refractivity contribution is -0.115. The fourth-order valence-corrected chi connectivity index (χ4v) is 16.8. The van der Waals surface area contributed by atoms with Crippen molar-refractivity contribution in [1.82, 2.24) is 0 Å². The van der Waals surface area contributed by atoms with E-state index in [0.717, 1.165) is 184 Å². The minimum absolute atomic E-state index is 0.0811. The van der Waals surface area contributed by atoms with Gasteiger partial charge in [-0.1, -0.05) is 106 Å². The Labute approximate surface area is 754 Å². The van der Waals surface area contributed by atoms with Crippen molar-refractivity contribution in [3.05, 3.63) is 272 Å². The van der Waals surface area contributed by atoms with E-state index in [1.807, 2.05) is 161 Å². The number of hydrogen-bond acceptors (Lipinski definition) is 21. The molecule has 4 aromatic heterocycles. The molecular formula is C101H108BrClN4O21. The van der Waals surface area contributed by atoms with E-state index in [2.05, 4.69) is 55.4 Å². The van der Waals surface area contributed by atoms with Gasteiger partial charge < -0.3 is 81.6 Å². The smallest absolute Gasteiger partial charge is 0.360 e. The highest BCUT2D eigenvalue weighted by Crippen LogP contribution is 2.39. The van der Waals surface area contributed by atoms with Crippen molar-refractivity contribution in [1.29, 1.82) is 0 Å². The largest absolute Gasteiger partial charge is 0.496 e. The zero-order valence-electron chi connectivity index (χ0n) is 73.3. The van der Waals surface area contributed by atoms with Crippen molar-refractivity contribution in [2.75, 3.05) is 28.4 Å². The Morgan fingerprint density at radius 2 is 0.594 bits per heavy atom. The number of carbonyl (C=O) groups is 4. The van der Waals surface area contributed by atoms with E-state index < -0.39 is 22.5 Å². The SMILES string of the molecule is CC(=O)Nc1cc2ccc(OC3CCC(OCc4ccc(Cl)cc4)CC3)c(C)c2oc1=O.CC(=O)Nc1cc2ccc(OC3CCC(OCc4ccccc4)CC3)c(C)c2oc1=O.CC(=O)Nc1cc2ccc(OC3CCC(OCc4ccccc4Br)CC3)c(C)c2oc1=O.COc1ccccc1COC1CCC(Oc2ccc3cc(NC(C)=O)c(=O)oc3c2C)CC1. The highest BCUT2D eigenvalue weighted by molar-refractivity contribution is 9.10. The van der Waals surface area contributed by atoms with Crippen LogP contribution in [0.2, 0.25) is 5.02 Å². The number of fused-ring (bicyclic) bond motifs is 4. The lowest BCUT2D eigenvalue weighted by Crippen LogP contribution is -2.28. The van der Waals surface area contributed by atoms with Crippen LogP contribution in [0, 0.1) is 27.7 Å². The van der Waals surface area contributed by atoms with Crippen LogP contribution in [0.5, 0.6) is 28.7 Å². The van der Waals surface area contributed by atoms with Crippen molar-refractivity contribution in [2.24, 2.45) is 0 Å². The van der Waals surface area contributed by atoms with Crippen molar-refractivity contribution in [2.45, 2.75) is 233 Å². The minimum atomic E-state index is -0.578. The molecule has 0 radical (unpaired) electrons. The van der Waals surface area contributed by atoms with Crippen molar-refractivity contribution in [3.8, 4) is 28.7 Å².